The second kappa shape index (κ2) is 4.01. The van der Waals surface area contributed by atoms with Crippen molar-refractivity contribution in [3.8, 4) is 5.75 Å². The van der Waals surface area contributed by atoms with Crippen molar-refractivity contribution in [2.45, 2.75) is 19.0 Å². The van der Waals surface area contributed by atoms with Gasteiger partial charge in [0.05, 0.1) is 6.04 Å². The number of amides is 2. The van der Waals surface area contributed by atoms with Crippen LogP contribution in [0.1, 0.15) is 18.5 Å². The lowest BCUT2D eigenvalue weighted by atomic mass is 10.0. The summed E-state index contributed by atoms with van der Waals surface area (Å²) in [5.41, 5.74) is 0.979. The number of benzene rings is 1. The molecule has 0 aromatic heterocycles. The van der Waals surface area contributed by atoms with Crippen LogP contribution in [0.15, 0.2) is 24.3 Å². The molecule has 94 valence electrons. The van der Waals surface area contributed by atoms with Crippen molar-refractivity contribution in [2.75, 3.05) is 13.2 Å². The first kappa shape index (κ1) is 11.1. The molecule has 1 N–H and O–H groups in total. The van der Waals surface area contributed by atoms with Gasteiger partial charge in [0.15, 0.2) is 0 Å². The molecule has 1 saturated heterocycles. The number of para-hydroxylation sites is 1. The predicted molar refractivity (Wildman–Crippen MR) is 64.0 cm³/mol. The first-order valence-corrected chi connectivity index (χ1v) is 5.98. The van der Waals surface area contributed by atoms with E-state index in [9.17, 15) is 9.59 Å². The highest BCUT2D eigenvalue weighted by molar-refractivity contribution is 5.94. The van der Waals surface area contributed by atoms with Gasteiger partial charge in [0.25, 0.3) is 0 Å². The Labute approximate surface area is 105 Å². The number of nitrogens with one attached hydrogen (secondary N) is 1. The summed E-state index contributed by atoms with van der Waals surface area (Å²) in [4.78, 5) is 25.3. The lowest BCUT2D eigenvalue weighted by Gasteiger charge is -2.34. The Kier molecular flexibility index (Phi) is 2.47. The molecule has 2 aliphatic rings. The smallest absolute Gasteiger partial charge is 0.245 e. The number of hydrogen-bond donors (Lipinski definition) is 1. The number of piperazine rings is 1. The monoisotopic (exact) mass is 246 g/mol. The van der Waals surface area contributed by atoms with Crippen LogP contribution in [0.2, 0.25) is 0 Å². The van der Waals surface area contributed by atoms with Gasteiger partial charge >= 0.3 is 0 Å². The number of nitrogens with zero attached hydrogens (tertiary/aromatic N) is 1. The summed E-state index contributed by atoms with van der Waals surface area (Å²) < 4.78 is 5.56. The maximum Gasteiger partial charge on any atom is 0.245 e. The van der Waals surface area contributed by atoms with Gasteiger partial charge in [-0.05, 0) is 13.0 Å². The molecule has 0 radical (unpaired) electrons. The quantitative estimate of drug-likeness (QED) is 0.783. The number of carbonyl (C=O) groups is 2. The molecule has 2 heterocycles. The van der Waals surface area contributed by atoms with Gasteiger partial charge in [-0.1, -0.05) is 18.2 Å². The number of rotatable bonds is 1. The van der Waals surface area contributed by atoms with Crippen molar-refractivity contribution < 1.29 is 14.3 Å². The Hall–Kier alpha value is -2.04. The Morgan fingerprint density at radius 1 is 1.33 bits per heavy atom. The fourth-order valence-corrected chi connectivity index (χ4v) is 2.50. The normalized spacial score (nSPS) is 26.6. The summed E-state index contributed by atoms with van der Waals surface area (Å²) >= 11 is 0. The van der Waals surface area contributed by atoms with Gasteiger partial charge < -0.3 is 15.0 Å². The first-order valence-electron chi connectivity index (χ1n) is 5.98. The minimum atomic E-state index is -0.459. The fraction of sp³-hybridized carbons (Fsp3) is 0.385. The average molecular weight is 246 g/mol. The third-order valence-corrected chi connectivity index (χ3v) is 3.40. The van der Waals surface area contributed by atoms with Gasteiger partial charge in [0.2, 0.25) is 11.8 Å². The second-order valence-electron chi connectivity index (χ2n) is 4.62. The van der Waals surface area contributed by atoms with E-state index >= 15 is 0 Å². The molecule has 2 unspecified atom stereocenters. The Balaban J connectivity index is 1.92. The maximum absolute atomic E-state index is 12.1. The van der Waals surface area contributed by atoms with E-state index in [1.807, 2.05) is 24.3 Å². The van der Waals surface area contributed by atoms with Crippen LogP contribution in [0.3, 0.4) is 0 Å². The van der Waals surface area contributed by atoms with E-state index in [-0.39, 0.29) is 24.4 Å². The fourth-order valence-electron chi connectivity index (χ4n) is 2.50. The van der Waals surface area contributed by atoms with E-state index in [4.69, 9.17) is 4.74 Å². The van der Waals surface area contributed by atoms with Gasteiger partial charge in [-0.2, -0.15) is 0 Å². The van der Waals surface area contributed by atoms with Crippen LogP contribution >= 0.6 is 0 Å². The summed E-state index contributed by atoms with van der Waals surface area (Å²) in [6.07, 6.45) is 0. The van der Waals surface area contributed by atoms with E-state index in [2.05, 4.69) is 5.32 Å². The standard InChI is InChI=1S/C13H14N2O3/c1-8-13(17)15(6-12(16)14-8)10-7-18-11-5-3-2-4-9(10)11/h2-5,8,10H,6-7H2,1H3,(H,14,16). The zero-order valence-electron chi connectivity index (χ0n) is 10.1. The highest BCUT2D eigenvalue weighted by Gasteiger charge is 2.38. The van der Waals surface area contributed by atoms with E-state index < -0.39 is 6.04 Å². The van der Waals surface area contributed by atoms with Gasteiger partial charge in [0.1, 0.15) is 24.9 Å². The minimum Gasteiger partial charge on any atom is -0.491 e. The molecule has 3 rings (SSSR count). The number of carbonyl (C=O) groups excluding carboxylic acids is 2. The van der Waals surface area contributed by atoms with E-state index in [0.29, 0.717) is 6.61 Å². The lowest BCUT2D eigenvalue weighted by molar-refractivity contribution is -0.146. The molecule has 0 aliphatic carbocycles. The average Bonchev–Trinajstić information content (AvgIpc) is 2.77. The first-order chi connectivity index (χ1) is 8.66. The molecule has 1 aromatic carbocycles. The molecule has 2 aliphatic heterocycles. The van der Waals surface area contributed by atoms with Gasteiger partial charge in [-0.25, -0.2) is 0 Å². The van der Waals surface area contributed by atoms with Crippen LogP contribution in [0.5, 0.6) is 5.75 Å². The molecule has 1 aromatic rings. The van der Waals surface area contributed by atoms with Crippen molar-refractivity contribution in [3.63, 3.8) is 0 Å². The molecule has 5 heteroatoms. The molecular formula is C13H14N2O3. The highest BCUT2D eigenvalue weighted by atomic mass is 16.5. The zero-order valence-corrected chi connectivity index (χ0v) is 10.1. The minimum absolute atomic E-state index is 0.0556. The van der Waals surface area contributed by atoms with Gasteiger partial charge in [-0.3, -0.25) is 9.59 Å². The largest absolute Gasteiger partial charge is 0.491 e. The number of hydrogen-bond acceptors (Lipinski definition) is 3. The molecule has 0 bridgehead atoms. The Bertz CT molecular complexity index is 515. The zero-order chi connectivity index (χ0) is 12.7. The second-order valence-corrected chi connectivity index (χ2v) is 4.62. The van der Waals surface area contributed by atoms with Gasteiger partial charge in [-0.15, -0.1) is 0 Å². The Morgan fingerprint density at radius 3 is 2.94 bits per heavy atom. The summed E-state index contributed by atoms with van der Waals surface area (Å²) in [5, 5.41) is 2.64. The van der Waals surface area contributed by atoms with E-state index in [1.165, 1.54) is 0 Å². The molecule has 0 saturated carbocycles. The molecule has 0 spiro atoms. The molecule has 1 fully saturated rings. The maximum atomic E-state index is 12.1. The molecule has 2 atom stereocenters. The van der Waals surface area contributed by atoms with Crippen LogP contribution in [0, 0.1) is 0 Å². The third-order valence-electron chi connectivity index (χ3n) is 3.40. The summed E-state index contributed by atoms with van der Waals surface area (Å²) in [6, 6.07) is 7.03. The molecular weight excluding hydrogens is 232 g/mol. The molecule has 2 amide bonds. The van der Waals surface area contributed by atoms with Crippen molar-refractivity contribution in [3.05, 3.63) is 29.8 Å². The lowest BCUT2D eigenvalue weighted by Crippen LogP contribution is -2.57. The van der Waals surface area contributed by atoms with E-state index in [0.717, 1.165) is 11.3 Å². The van der Waals surface area contributed by atoms with Crippen molar-refractivity contribution >= 4 is 11.8 Å². The van der Waals surface area contributed by atoms with Crippen molar-refractivity contribution in [1.82, 2.24) is 10.2 Å². The summed E-state index contributed by atoms with van der Waals surface area (Å²) in [7, 11) is 0. The third kappa shape index (κ3) is 1.63. The van der Waals surface area contributed by atoms with E-state index in [1.54, 1.807) is 11.8 Å². The van der Waals surface area contributed by atoms with Crippen molar-refractivity contribution in [1.29, 1.82) is 0 Å². The van der Waals surface area contributed by atoms with Crippen molar-refractivity contribution in [2.24, 2.45) is 0 Å². The van der Waals surface area contributed by atoms with Crippen LogP contribution in [-0.4, -0.2) is 35.9 Å². The number of ether oxygens (including phenoxy) is 1. The molecule has 18 heavy (non-hydrogen) atoms. The van der Waals surface area contributed by atoms with Gasteiger partial charge in [0, 0.05) is 5.56 Å². The summed E-state index contributed by atoms with van der Waals surface area (Å²) in [5.74, 6) is 0.625. The van der Waals surface area contributed by atoms with Crippen LogP contribution in [-0.2, 0) is 9.59 Å². The van der Waals surface area contributed by atoms with Crippen LogP contribution < -0.4 is 10.1 Å². The SMILES string of the molecule is CC1NC(=O)CN(C2COc3ccccc32)C1=O. The van der Waals surface area contributed by atoms with Crippen LogP contribution in [0.25, 0.3) is 0 Å². The molecule has 5 nitrogen and oxygen atoms in total. The number of fused-ring (bicyclic) bond motifs is 1. The Morgan fingerprint density at radius 2 is 2.11 bits per heavy atom. The predicted octanol–water partition coefficient (Wildman–Crippen LogP) is 0.467. The van der Waals surface area contributed by atoms with Crippen LogP contribution in [0.4, 0.5) is 0 Å². The highest BCUT2D eigenvalue weighted by Crippen LogP contribution is 2.36. The topological polar surface area (TPSA) is 58.6 Å². The summed E-state index contributed by atoms with van der Waals surface area (Å²) in [6.45, 7) is 2.23.